The summed E-state index contributed by atoms with van der Waals surface area (Å²) in [7, 11) is 0. The minimum absolute atomic E-state index is 0.521. The highest BCUT2D eigenvalue weighted by Gasteiger charge is 2.41. The largest absolute Gasteiger partial charge is 0.370 e. The van der Waals surface area contributed by atoms with Gasteiger partial charge in [0.15, 0.2) is 5.96 Å². The van der Waals surface area contributed by atoms with Crippen LogP contribution in [-0.2, 0) is 0 Å². The van der Waals surface area contributed by atoms with Crippen LogP contribution in [0.2, 0.25) is 0 Å². The SMILES string of the molecule is CCCC1(CN=C(N)NC2CCCCC2)CC1. The summed E-state index contributed by atoms with van der Waals surface area (Å²) >= 11 is 0. The number of rotatable bonds is 5. The van der Waals surface area contributed by atoms with Crippen molar-refractivity contribution in [1.82, 2.24) is 5.32 Å². The predicted molar refractivity (Wildman–Crippen MR) is 73.1 cm³/mol. The Balaban J connectivity index is 1.73. The molecule has 2 aliphatic rings. The van der Waals surface area contributed by atoms with Crippen LogP contribution >= 0.6 is 0 Å². The van der Waals surface area contributed by atoms with Gasteiger partial charge in [-0.15, -0.1) is 0 Å². The number of nitrogens with zero attached hydrogens (tertiary/aromatic N) is 1. The summed E-state index contributed by atoms with van der Waals surface area (Å²) < 4.78 is 0. The molecule has 0 unspecified atom stereocenters. The van der Waals surface area contributed by atoms with Gasteiger partial charge in [0.25, 0.3) is 0 Å². The number of aliphatic imine (C=N–C) groups is 1. The third kappa shape index (κ3) is 3.90. The molecule has 3 nitrogen and oxygen atoms in total. The summed E-state index contributed by atoms with van der Waals surface area (Å²) in [6.45, 7) is 3.19. The zero-order valence-electron chi connectivity index (χ0n) is 11.2. The van der Waals surface area contributed by atoms with Crippen LogP contribution in [0.3, 0.4) is 0 Å². The van der Waals surface area contributed by atoms with E-state index in [0.717, 1.165) is 6.54 Å². The zero-order chi connectivity index (χ0) is 12.1. The van der Waals surface area contributed by atoms with Gasteiger partial charge in [-0.2, -0.15) is 0 Å². The maximum atomic E-state index is 5.97. The lowest BCUT2D eigenvalue weighted by Crippen LogP contribution is -2.41. The fourth-order valence-corrected chi connectivity index (χ4v) is 2.95. The first-order chi connectivity index (χ1) is 8.24. The third-order valence-electron chi connectivity index (χ3n) is 4.28. The highest BCUT2D eigenvalue weighted by atomic mass is 15.1. The van der Waals surface area contributed by atoms with Gasteiger partial charge in [-0.3, -0.25) is 4.99 Å². The van der Waals surface area contributed by atoms with Crippen molar-refractivity contribution in [2.24, 2.45) is 16.1 Å². The maximum absolute atomic E-state index is 5.97. The predicted octanol–water partition coefficient (Wildman–Crippen LogP) is 2.80. The first-order valence-corrected chi connectivity index (χ1v) is 7.31. The van der Waals surface area contributed by atoms with Crippen molar-refractivity contribution in [2.45, 2.75) is 70.8 Å². The van der Waals surface area contributed by atoms with Gasteiger partial charge in [-0.25, -0.2) is 0 Å². The molecule has 0 amide bonds. The lowest BCUT2D eigenvalue weighted by atomic mass is 9.96. The first kappa shape index (κ1) is 12.7. The normalized spacial score (nSPS) is 24.6. The van der Waals surface area contributed by atoms with Crippen molar-refractivity contribution >= 4 is 5.96 Å². The second-order valence-electron chi connectivity index (χ2n) is 5.93. The highest BCUT2D eigenvalue weighted by molar-refractivity contribution is 5.78. The van der Waals surface area contributed by atoms with Crippen molar-refractivity contribution in [3.63, 3.8) is 0 Å². The Kier molecular flexibility index (Phi) is 4.30. The van der Waals surface area contributed by atoms with E-state index in [1.807, 2.05) is 0 Å². The molecule has 0 aliphatic heterocycles. The average molecular weight is 237 g/mol. The molecular weight excluding hydrogens is 210 g/mol. The molecule has 2 aliphatic carbocycles. The minimum atomic E-state index is 0.521. The average Bonchev–Trinajstić information content (AvgIpc) is 3.09. The summed E-state index contributed by atoms with van der Waals surface area (Å²) in [5.41, 5.74) is 6.50. The summed E-state index contributed by atoms with van der Waals surface area (Å²) in [5.74, 6) is 0.680. The van der Waals surface area contributed by atoms with Crippen LogP contribution in [0.4, 0.5) is 0 Å². The van der Waals surface area contributed by atoms with Crippen LogP contribution in [0.25, 0.3) is 0 Å². The molecule has 17 heavy (non-hydrogen) atoms. The number of guanidine groups is 1. The fourth-order valence-electron chi connectivity index (χ4n) is 2.95. The fraction of sp³-hybridized carbons (Fsp3) is 0.929. The van der Waals surface area contributed by atoms with E-state index in [9.17, 15) is 0 Å². The molecule has 0 aromatic rings. The van der Waals surface area contributed by atoms with Gasteiger partial charge < -0.3 is 11.1 Å². The molecule has 0 aromatic carbocycles. The smallest absolute Gasteiger partial charge is 0.188 e. The Labute approximate surface area is 105 Å². The summed E-state index contributed by atoms with van der Waals surface area (Å²) in [6, 6.07) is 0.578. The third-order valence-corrected chi connectivity index (χ3v) is 4.28. The topological polar surface area (TPSA) is 50.4 Å². The van der Waals surface area contributed by atoms with Crippen molar-refractivity contribution in [3.8, 4) is 0 Å². The lowest BCUT2D eigenvalue weighted by Gasteiger charge is -2.23. The maximum Gasteiger partial charge on any atom is 0.188 e. The molecule has 0 atom stereocenters. The van der Waals surface area contributed by atoms with E-state index in [1.165, 1.54) is 57.8 Å². The van der Waals surface area contributed by atoms with Crippen molar-refractivity contribution in [1.29, 1.82) is 0 Å². The van der Waals surface area contributed by atoms with Gasteiger partial charge in [0.1, 0.15) is 0 Å². The van der Waals surface area contributed by atoms with E-state index in [0.29, 0.717) is 17.4 Å². The van der Waals surface area contributed by atoms with Crippen LogP contribution in [0.15, 0.2) is 4.99 Å². The molecule has 0 bridgehead atoms. The number of hydrogen-bond donors (Lipinski definition) is 2. The van der Waals surface area contributed by atoms with E-state index in [4.69, 9.17) is 5.73 Å². The number of hydrogen-bond acceptors (Lipinski definition) is 1. The molecule has 2 saturated carbocycles. The Morgan fingerprint density at radius 3 is 2.59 bits per heavy atom. The first-order valence-electron chi connectivity index (χ1n) is 7.31. The molecular formula is C14H27N3. The molecule has 0 saturated heterocycles. The van der Waals surface area contributed by atoms with Gasteiger partial charge in [-0.05, 0) is 37.5 Å². The Morgan fingerprint density at radius 2 is 2.00 bits per heavy atom. The summed E-state index contributed by atoms with van der Waals surface area (Å²) in [5, 5.41) is 3.39. The minimum Gasteiger partial charge on any atom is -0.370 e. The Bertz CT molecular complexity index is 263. The molecule has 0 aromatic heterocycles. The molecule has 0 heterocycles. The van der Waals surface area contributed by atoms with E-state index in [1.54, 1.807) is 0 Å². The molecule has 0 spiro atoms. The van der Waals surface area contributed by atoms with Crippen LogP contribution in [0.1, 0.15) is 64.7 Å². The van der Waals surface area contributed by atoms with Gasteiger partial charge >= 0.3 is 0 Å². The quantitative estimate of drug-likeness (QED) is 0.570. The van der Waals surface area contributed by atoms with Gasteiger partial charge in [-0.1, -0.05) is 32.6 Å². The summed E-state index contributed by atoms with van der Waals surface area (Å²) in [6.07, 6.45) is 11.9. The zero-order valence-corrected chi connectivity index (χ0v) is 11.2. The Morgan fingerprint density at radius 1 is 1.29 bits per heavy atom. The molecule has 98 valence electrons. The molecule has 3 heteroatoms. The Hall–Kier alpha value is -0.730. The molecule has 0 radical (unpaired) electrons. The van der Waals surface area contributed by atoms with E-state index in [-0.39, 0.29) is 0 Å². The number of nitrogens with two attached hydrogens (primary N) is 1. The van der Waals surface area contributed by atoms with Crippen molar-refractivity contribution < 1.29 is 0 Å². The molecule has 3 N–H and O–H groups in total. The second kappa shape index (κ2) is 5.74. The summed E-state index contributed by atoms with van der Waals surface area (Å²) in [4.78, 5) is 4.55. The van der Waals surface area contributed by atoms with Gasteiger partial charge in [0, 0.05) is 12.6 Å². The lowest BCUT2D eigenvalue weighted by molar-refractivity contribution is 0.410. The van der Waals surface area contributed by atoms with E-state index < -0.39 is 0 Å². The van der Waals surface area contributed by atoms with Crippen LogP contribution < -0.4 is 11.1 Å². The van der Waals surface area contributed by atoms with Gasteiger partial charge in [0.05, 0.1) is 0 Å². The van der Waals surface area contributed by atoms with Gasteiger partial charge in [0.2, 0.25) is 0 Å². The molecule has 2 fully saturated rings. The van der Waals surface area contributed by atoms with Crippen LogP contribution in [-0.4, -0.2) is 18.5 Å². The van der Waals surface area contributed by atoms with E-state index in [2.05, 4.69) is 17.2 Å². The monoisotopic (exact) mass is 237 g/mol. The number of nitrogens with one attached hydrogen (secondary N) is 1. The highest BCUT2D eigenvalue weighted by Crippen LogP contribution is 2.49. The standard InChI is InChI=1S/C14H27N3/c1-2-8-14(9-10-14)11-16-13(15)17-12-6-4-3-5-7-12/h12H,2-11H2,1H3,(H3,15,16,17). The second-order valence-corrected chi connectivity index (χ2v) is 5.93. The van der Waals surface area contributed by atoms with E-state index >= 15 is 0 Å². The van der Waals surface area contributed by atoms with Crippen LogP contribution in [0.5, 0.6) is 0 Å². The van der Waals surface area contributed by atoms with Crippen molar-refractivity contribution in [3.05, 3.63) is 0 Å². The van der Waals surface area contributed by atoms with Crippen LogP contribution in [0, 0.1) is 5.41 Å². The van der Waals surface area contributed by atoms with Crippen molar-refractivity contribution in [2.75, 3.05) is 6.54 Å². The molecule has 2 rings (SSSR count).